The second-order valence-corrected chi connectivity index (χ2v) is 8.33. The van der Waals surface area contributed by atoms with Gasteiger partial charge in [-0.15, -0.1) is 24.0 Å². The Balaban J connectivity index is 0.00000341. The summed E-state index contributed by atoms with van der Waals surface area (Å²) < 4.78 is 11.1. The molecular formula is C23H39IN4O3. The van der Waals surface area contributed by atoms with E-state index in [0.717, 1.165) is 90.8 Å². The number of ether oxygens (including phenoxy) is 2. The molecule has 2 saturated heterocycles. The molecule has 8 heteroatoms. The Morgan fingerprint density at radius 3 is 2.58 bits per heavy atom. The zero-order chi connectivity index (χ0) is 21.0. The number of nitrogens with zero attached hydrogens (tertiary/aromatic N) is 2. The van der Waals surface area contributed by atoms with Crippen molar-refractivity contribution in [3.63, 3.8) is 0 Å². The molecule has 3 N–H and O–H groups in total. The molecule has 2 aliphatic heterocycles. The van der Waals surface area contributed by atoms with Crippen LogP contribution in [0, 0.1) is 5.92 Å². The SMILES string of the molecule is CN=C(NCCCOCC1CCOC1)NCc1ccc(CN2CCC(O)CC2)cc1.I. The number of hydrogen-bond donors (Lipinski definition) is 3. The van der Waals surface area contributed by atoms with E-state index in [9.17, 15) is 5.11 Å². The summed E-state index contributed by atoms with van der Waals surface area (Å²) in [5.41, 5.74) is 2.56. The molecule has 1 unspecified atom stereocenters. The summed E-state index contributed by atoms with van der Waals surface area (Å²) in [5.74, 6) is 1.39. The van der Waals surface area contributed by atoms with Gasteiger partial charge in [-0.1, -0.05) is 24.3 Å². The fraction of sp³-hybridized carbons (Fsp3) is 0.696. The molecule has 7 nitrogen and oxygen atoms in total. The van der Waals surface area contributed by atoms with Gasteiger partial charge in [-0.3, -0.25) is 9.89 Å². The third-order valence-corrected chi connectivity index (χ3v) is 5.81. The minimum atomic E-state index is -0.114. The molecule has 1 aromatic rings. The molecule has 0 spiro atoms. The normalized spacial score (nSPS) is 20.5. The van der Waals surface area contributed by atoms with Gasteiger partial charge in [0.1, 0.15) is 0 Å². The Hall–Kier alpha value is -0.940. The van der Waals surface area contributed by atoms with Gasteiger partial charge in [0, 0.05) is 58.9 Å². The molecule has 176 valence electrons. The minimum Gasteiger partial charge on any atom is -0.393 e. The van der Waals surface area contributed by atoms with Crippen molar-refractivity contribution in [1.82, 2.24) is 15.5 Å². The smallest absolute Gasteiger partial charge is 0.191 e. The second kappa shape index (κ2) is 15.0. The predicted molar refractivity (Wildman–Crippen MR) is 135 cm³/mol. The number of piperidine rings is 1. The zero-order valence-corrected chi connectivity index (χ0v) is 21.1. The maximum Gasteiger partial charge on any atom is 0.191 e. The Morgan fingerprint density at radius 1 is 1.16 bits per heavy atom. The summed E-state index contributed by atoms with van der Waals surface area (Å²) in [6, 6.07) is 8.75. The van der Waals surface area contributed by atoms with E-state index < -0.39 is 0 Å². The number of aliphatic hydroxyl groups excluding tert-OH is 1. The number of hydrogen-bond acceptors (Lipinski definition) is 5. The molecule has 2 fully saturated rings. The summed E-state index contributed by atoms with van der Waals surface area (Å²) >= 11 is 0. The number of benzene rings is 1. The van der Waals surface area contributed by atoms with Crippen LogP contribution in [0.25, 0.3) is 0 Å². The molecule has 1 aromatic carbocycles. The van der Waals surface area contributed by atoms with Crippen LogP contribution >= 0.6 is 24.0 Å². The summed E-state index contributed by atoms with van der Waals surface area (Å²) in [6.45, 7) is 7.79. The number of halogens is 1. The lowest BCUT2D eigenvalue weighted by Gasteiger charge is -2.29. The maximum absolute atomic E-state index is 9.63. The van der Waals surface area contributed by atoms with Gasteiger partial charge in [-0.25, -0.2) is 0 Å². The lowest BCUT2D eigenvalue weighted by Crippen LogP contribution is -2.37. The van der Waals surface area contributed by atoms with Crippen molar-refractivity contribution in [2.75, 3.05) is 53.1 Å². The van der Waals surface area contributed by atoms with E-state index in [-0.39, 0.29) is 30.1 Å². The Bertz CT molecular complexity index is 630. The average Bonchev–Trinajstić information content (AvgIpc) is 3.29. The second-order valence-electron chi connectivity index (χ2n) is 8.33. The van der Waals surface area contributed by atoms with Crippen LogP contribution in [0.2, 0.25) is 0 Å². The maximum atomic E-state index is 9.63. The molecule has 0 saturated carbocycles. The van der Waals surface area contributed by atoms with Gasteiger partial charge in [-0.2, -0.15) is 0 Å². The van der Waals surface area contributed by atoms with Crippen molar-refractivity contribution < 1.29 is 14.6 Å². The fourth-order valence-corrected chi connectivity index (χ4v) is 3.85. The average molecular weight is 546 g/mol. The van der Waals surface area contributed by atoms with E-state index >= 15 is 0 Å². The molecule has 3 rings (SSSR count). The highest BCUT2D eigenvalue weighted by Gasteiger charge is 2.17. The van der Waals surface area contributed by atoms with Crippen LogP contribution in [0.4, 0.5) is 0 Å². The molecule has 0 radical (unpaired) electrons. The van der Waals surface area contributed by atoms with E-state index in [1.54, 1.807) is 7.05 Å². The molecule has 0 aliphatic carbocycles. The van der Waals surface area contributed by atoms with Gasteiger partial charge in [0.05, 0.1) is 19.3 Å². The van der Waals surface area contributed by atoms with E-state index in [1.807, 2.05) is 0 Å². The molecule has 31 heavy (non-hydrogen) atoms. The number of aliphatic hydroxyl groups is 1. The van der Waals surface area contributed by atoms with E-state index in [4.69, 9.17) is 9.47 Å². The molecule has 2 aliphatic rings. The van der Waals surface area contributed by atoms with Gasteiger partial charge in [0.15, 0.2) is 5.96 Å². The fourth-order valence-electron chi connectivity index (χ4n) is 3.85. The summed E-state index contributed by atoms with van der Waals surface area (Å²) in [4.78, 5) is 6.71. The number of aliphatic imine (C=N–C) groups is 1. The van der Waals surface area contributed by atoms with E-state index in [0.29, 0.717) is 5.92 Å². The summed E-state index contributed by atoms with van der Waals surface area (Å²) in [7, 11) is 1.80. The van der Waals surface area contributed by atoms with E-state index in [1.165, 1.54) is 11.1 Å². The standard InChI is InChI=1S/C23H38N4O3.HI/c1-24-23(25-10-2-13-29-17-21-9-14-30-18-21)26-15-19-3-5-20(6-4-19)16-27-11-7-22(28)8-12-27;/h3-6,21-22,28H,2,7-18H2,1H3,(H2,24,25,26);1H. The number of guanidine groups is 1. The summed E-state index contributed by atoms with van der Waals surface area (Å²) in [5, 5.41) is 16.3. The van der Waals surface area contributed by atoms with Gasteiger partial charge in [-0.05, 0) is 36.8 Å². The van der Waals surface area contributed by atoms with Gasteiger partial charge in [0.25, 0.3) is 0 Å². The zero-order valence-electron chi connectivity index (χ0n) is 18.7. The van der Waals surface area contributed by atoms with Crippen molar-refractivity contribution >= 4 is 29.9 Å². The lowest BCUT2D eigenvalue weighted by atomic mass is 10.1. The van der Waals surface area contributed by atoms with Crippen molar-refractivity contribution in [2.45, 2.75) is 44.9 Å². The van der Waals surface area contributed by atoms with Crippen LogP contribution in [-0.4, -0.2) is 75.2 Å². The summed E-state index contributed by atoms with van der Waals surface area (Å²) in [6.07, 6.45) is 3.73. The topological polar surface area (TPSA) is 78.4 Å². The van der Waals surface area contributed by atoms with Gasteiger partial charge >= 0.3 is 0 Å². The van der Waals surface area contributed by atoms with Crippen molar-refractivity contribution in [3.05, 3.63) is 35.4 Å². The van der Waals surface area contributed by atoms with Crippen molar-refractivity contribution in [1.29, 1.82) is 0 Å². The molecule has 0 bridgehead atoms. The monoisotopic (exact) mass is 546 g/mol. The van der Waals surface area contributed by atoms with Crippen LogP contribution in [-0.2, 0) is 22.6 Å². The predicted octanol–water partition coefficient (Wildman–Crippen LogP) is 2.37. The number of nitrogens with one attached hydrogen (secondary N) is 2. The highest BCUT2D eigenvalue weighted by molar-refractivity contribution is 14.0. The minimum absolute atomic E-state index is 0. The first-order chi connectivity index (χ1) is 14.7. The molecule has 1 atom stereocenters. The first-order valence-corrected chi connectivity index (χ1v) is 11.3. The first-order valence-electron chi connectivity index (χ1n) is 11.3. The van der Waals surface area contributed by atoms with Gasteiger partial charge < -0.3 is 25.2 Å². The van der Waals surface area contributed by atoms with Crippen molar-refractivity contribution in [3.8, 4) is 0 Å². The molecule has 0 amide bonds. The van der Waals surface area contributed by atoms with Crippen molar-refractivity contribution in [2.24, 2.45) is 10.9 Å². The lowest BCUT2D eigenvalue weighted by molar-refractivity contribution is 0.0792. The van der Waals surface area contributed by atoms with Crippen LogP contribution in [0.15, 0.2) is 29.3 Å². The van der Waals surface area contributed by atoms with Crippen LogP contribution < -0.4 is 10.6 Å². The third-order valence-electron chi connectivity index (χ3n) is 5.81. The first kappa shape index (κ1) is 26.3. The van der Waals surface area contributed by atoms with Crippen LogP contribution in [0.3, 0.4) is 0 Å². The Morgan fingerprint density at radius 2 is 1.90 bits per heavy atom. The largest absolute Gasteiger partial charge is 0.393 e. The molecule has 0 aromatic heterocycles. The van der Waals surface area contributed by atoms with Gasteiger partial charge in [0.2, 0.25) is 0 Å². The van der Waals surface area contributed by atoms with E-state index in [2.05, 4.69) is 44.8 Å². The quantitative estimate of drug-likeness (QED) is 0.181. The molecule has 2 heterocycles. The highest BCUT2D eigenvalue weighted by atomic mass is 127. The Kier molecular flexibility index (Phi) is 12.7. The number of likely N-dealkylation sites (tertiary alicyclic amines) is 1. The third kappa shape index (κ3) is 10.0. The molecular weight excluding hydrogens is 507 g/mol. The van der Waals surface area contributed by atoms with Crippen LogP contribution in [0.5, 0.6) is 0 Å². The van der Waals surface area contributed by atoms with Crippen LogP contribution in [0.1, 0.15) is 36.8 Å². The highest BCUT2D eigenvalue weighted by Crippen LogP contribution is 2.14. The number of rotatable bonds is 10. The Labute approximate surface area is 204 Å².